The Labute approximate surface area is 110 Å². The van der Waals surface area contributed by atoms with Crippen molar-refractivity contribution in [2.24, 2.45) is 0 Å². The Morgan fingerprint density at radius 1 is 1.37 bits per heavy atom. The fraction of sp³-hybridized carbons (Fsp3) is 0.818. The van der Waals surface area contributed by atoms with Crippen LogP contribution in [0.2, 0.25) is 0 Å². The second-order valence-electron chi connectivity index (χ2n) is 5.14. The Hall–Kier alpha value is -1.28. The van der Waals surface area contributed by atoms with E-state index in [1.165, 1.54) is 0 Å². The standard InChI is InChI=1S/C11H20F2N4O2/c1-11(2,3)14-6-9-15-16-10(19-9)17(4-5-18)7-8(12)13/h8,14,18H,4-7H2,1-3H3. The molecule has 0 bridgehead atoms. The summed E-state index contributed by atoms with van der Waals surface area (Å²) in [5, 5.41) is 19.5. The number of rotatable bonds is 7. The van der Waals surface area contributed by atoms with Crippen molar-refractivity contribution in [1.29, 1.82) is 0 Å². The molecule has 0 radical (unpaired) electrons. The average molecular weight is 278 g/mol. The summed E-state index contributed by atoms with van der Waals surface area (Å²) in [6, 6.07) is 0.0000548. The molecule has 0 aliphatic rings. The molecule has 0 fully saturated rings. The van der Waals surface area contributed by atoms with E-state index in [9.17, 15) is 8.78 Å². The number of hydrogen-bond acceptors (Lipinski definition) is 6. The van der Waals surface area contributed by atoms with Crippen LogP contribution in [0.1, 0.15) is 26.7 Å². The zero-order valence-corrected chi connectivity index (χ0v) is 11.4. The molecule has 1 aromatic rings. The summed E-state index contributed by atoms with van der Waals surface area (Å²) < 4.78 is 30.1. The predicted molar refractivity (Wildman–Crippen MR) is 66.2 cm³/mol. The van der Waals surface area contributed by atoms with Crippen LogP contribution in [0, 0.1) is 0 Å². The van der Waals surface area contributed by atoms with Crippen molar-refractivity contribution in [1.82, 2.24) is 15.5 Å². The van der Waals surface area contributed by atoms with Gasteiger partial charge in [-0.15, -0.1) is 5.10 Å². The first-order chi connectivity index (χ1) is 8.81. The predicted octanol–water partition coefficient (Wildman–Crippen LogP) is 1.02. The number of aliphatic hydroxyl groups excluding tert-OH is 1. The maximum Gasteiger partial charge on any atom is 0.318 e. The number of nitrogens with zero attached hydrogens (tertiary/aromatic N) is 3. The lowest BCUT2D eigenvalue weighted by atomic mass is 10.1. The summed E-state index contributed by atoms with van der Waals surface area (Å²) in [6.07, 6.45) is -2.53. The van der Waals surface area contributed by atoms with Crippen LogP contribution >= 0.6 is 0 Å². The van der Waals surface area contributed by atoms with Crippen molar-refractivity contribution < 1.29 is 18.3 Å². The minimum atomic E-state index is -2.53. The molecule has 8 heteroatoms. The summed E-state index contributed by atoms with van der Waals surface area (Å²) in [4.78, 5) is 1.16. The SMILES string of the molecule is CC(C)(C)NCc1nnc(N(CCO)CC(F)F)o1. The molecule has 2 N–H and O–H groups in total. The van der Waals surface area contributed by atoms with Crippen molar-refractivity contribution in [3.05, 3.63) is 5.89 Å². The van der Waals surface area contributed by atoms with Crippen molar-refractivity contribution in [3.63, 3.8) is 0 Å². The fourth-order valence-electron chi connectivity index (χ4n) is 1.34. The van der Waals surface area contributed by atoms with Crippen LogP contribution in [0.15, 0.2) is 4.42 Å². The van der Waals surface area contributed by atoms with E-state index in [1.807, 2.05) is 20.8 Å². The number of nitrogens with one attached hydrogen (secondary N) is 1. The molecule has 6 nitrogen and oxygen atoms in total. The average Bonchev–Trinajstić information content (AvgIpc) is 2.73. The van der Waals surface area contributed by atoms with Gasteiger partial charge in [0.05, 0.1) is 19.7 Å². The van der Waals surface area contributed by atoms with Crippen LogP contribution in [0.25, 0.3) is 0 Å². The third-order valence-corrected chi connectivity index (χ3v) is 2.22. The quantitative estimate of drug-likeness (QED) is 0.775. The van der Waals surface area contributed by atoms with Gasteiger partial charge in [0.25, 0.3) is 6.43 Å². The number of hydrogen-bond donors (Lipinski definition) is 2. The first kappa shape index (κ1) is 15.8. The maximum atomic E-state index is 12.4. The summed E-state index contributed by atoms with van der Waals surface area (Å²) in [6.45, 7) is 5.54. The van der Waals surface area contributed by atoms with Crippen LogP contribution in [0.3, 0.4) is 0 Å². The highest BCUT2D eigenvalue weighted by molar-refractivity contribution is 5.23. The van der Waals surface area contributed by atoms with Crippen LogP contribution in [0.5, 0.6) is 0 Å². The van der Waals surface area contributed by atoms with E-state index in [4.69, 9.17) is 9.52 Å². The molecule has 0 unspecified atom stereocenters. The van der Waals surface area contributed by atoms with Crippen molar-refractivity contribution in [2.75, 3.05) is 24.6 Å². The molecule has 0 saturated carbocycles. The van der Waals surface area contributed by atoms with Gasteiger partial charge in [0.15, 0.2) is 0 Å². The Morgan fingerprint density at radius 3 is 2.58 bits per heavy atom. The second kappa shape index (κ2) is 6.76. The summed E-state index contributed by atoms with van der Waals surface area (Å²) in [5.74, 6) is 0.321. The fourth-order valence-corrected chi connectivity index (χ4v) is 1.34. The van der Waals surface area contributed by atoms with Crippen LogP contribution in [-0.2, 0) is 6.54 Å². The van der Waals surface area contributed by atoms with Gasteiger partial charge in [-0.2, -0.15) is 0 Å². The number of aliphatic hydroxyl groups is 1. The van der Waals surface area contributed by atoms with E-state index in [1.54, 1.807) is 0 Å². The van der Waals surface area contributed by atoms with Crippen molar-refractivity contribution in [2.45, 2.75) is 39.3 Å². The van der Waals surface area contributed by atoms with Gasteiger partial charge in [-0.1, -0.05) is 5.10 Å². The summed E-state index contributed by atoms with van der Waals surface area (Å²) in [5.41, 5.74) is -0.109. The van der Waals surface area contributed by atoms with Crippen LogP contribution in [0.4, 0.5) is 14.8 Å². The van der Waals surface area contributed by atoms with Crippen LogP contribution in [-0.4, -0.2) is 47.0 Å². The Balaban J connectivity index is 2.64. The molecule has 0 aliphatic heterocycles. The highest BCUT2D eigenvalue weighted by Gasteiger charge is 2.19. The van der Waals surface area contributed by atoms with E-state index in [0.717, 1.165) is 4.90 Å². The summed E-state index contributed by atoms with van der Waals surface area (Å²) in [7, 11) is 0. The van der Waals surface area contributed by atoms with Gasteiger partial charge in [-0.25, -0.2) is 8.78 Å². The van der Waals surface area contributed by atoms with Gasteiger partial charge in [-0.3, -0.25) is 0 Å². The highest BCUT2D eigenvalue weighted by atomic mass is 19.3. The van der Waals surface area contributed by atoms with E-state index >= 15 is 0 Å². The summed E-state index contributed by atoms with van der Waals surface area (Å²) >= 11 is 0. The lowest BCUT2D eigenvalue weighted by molar-refractivity contribution is 0.150. The van der Waals surface area contributed by atoms with Gasteiger partial charge in [-0.05, 0) is 20.8 Å². The molecular formula is C11H20F2N4O2. The molecule has 0 spiro atoms. The Kier molecular flexibility index (Phi) is 5.61. The normalized spacial score (nSPS) is 12.2. The molecular weight excluding hydrogens is 258 g/mol. The highest BCUT2D eigenvalue weighted by Crippen LogP contribution is 2.14. The topological polar surface area (TPSA) is 74.4 Å². The van der Waals surface area contributed by atoms with E-state index < -0.39 is 13.0 Å². The maximum absolute atomic E-state index is 12.4. The van der Waals surface area contributed by atoms with Crippen LogP contribution < -0.4 is 10.2 Å². The zero-order valence-electron chi connectivity index (χ0n) is 11.4. The molecule has 0 amide bonds. The lowest BCUT2D eigenvalue weighted by Gasteiger charge is -2.19. The Morgan fingerprint density at radius 2 is 2.05 bits per heavy atom. The third kappa shape index (κ3) is 5.93. The second-order valence-corrected chi connectivity index (χ2v) is 5.14. The molecule has 1 aromatic heterocycles. The molecule has 1 heterocycles. The first-order valence-corrected chi connectivity index (χ1v) is 6.03. The molecule has 19 heavy (non-hydrogen) atoms. The van der Waals surface area contributed by atoms with E-state index in [-0.39, 0.29) is 24.7 Å². The molecule has 1 rings (SSSR count). The number of alkyl halides is 2. The minimum Gasteiger partial charge on any atom is -0.407 e. The molecule has 0 aromatic carbocycles. The number of halogens is 2. The van der Waals surface area contributed by atoms with Gasteiger partial charge in [0.1, 0.15) is 0 Å². The van der Waals surface area contributed by atoms with Gasteiger partial charge < -0.3 is 19.7 Å². The molecule has 0 saturated heterocycles. The third-order valence-electron chi connectivity index (χ3n) is 2.22. The number of aromatic nitrogens is 2. The zero-order chi connectivity index (χ0) is 14.5. The molecule has 110 valence electrons. The van der Waals surface area contributed by atoms with Crippen molar-refractivity contribution in [3.8, 4) is 0 Å². The van der Waals surface area contributed by atoms with Gasteiger partial charge in [0, 0.05) is 12.1 Å². The largest absolute Gasteiger partial charge is 0.407 e. The minimum absolute atomic E-state index is 0.0000548. The van der Waals surface area contributed by atoms with E-state index in [2.05, 4.69) is 15.5 Å². The lowest BCUT2D eigenvalue weighted by Crippen LogP contribution is -2.35. The monoisotopic (exact) mass is 278 g/mol. The van der Waals surface area contributed by atoms with Gasteiger partial charge in [0.2, 0.25) is 5.89 Å². The van der Waals surface area contributed by atoms with Crippen molar-refractivity contribution >= 4 is 6.01 Å². The molecule has 0 atom stereocenters. The molecule has 0 aliphatic carbocycles. The number of anilines is 1. The smallest absolute Gasteiger partial charge is 0.318 e. The first-order valence-electron chi connectivity index (χ1n) is 6.03. The van der Waals surface area contributed by atoms with Gasteiger partial charge >= 0.3 is 6.01 Å². The Bertz CT molecular complexity index is 379. The van der Waals surface area contributed by atoms with E-state index in [0.29, 0.717) is 12.4 Å².